The van der Waals surface area contributed by atoms with Crippen LogP contribution in [0, 0.1) is 45.8 Å². The number of nitrogens with zero attached hydrogens (tertiary/aromatic N) is 2. The van der Waals surface area contributed by atoms with Crippen molar-refractivity contribution in [2.24, 2.45) is 23.2 Å². The molecule has 3 aliphatic carbocycles. The van der Waals surface area contributed by atoms with Gasteiger partial charge in [-0.2, -0.15) is 10.5 Å². The van der Waals surface area contributed by atoms with Crippen molar-refractivity contribution in [2.75, 3.05) is 0 Å². The van der Waals surface area contributed by atoms with Crippen LogP contribution in [0.15, 0.2) is 42.5 Å². The lowest BCUT2D eigenvalue weighted by Crippen LogP contribution is -2.54. The van der Waals surface area contributed by atoms with Gasteiger partial charge in [-0.05, 0) is 96.7 Å². The molecule has 2 saturated carbocycles. The van der Waals surface area contributed by atoms with E-state index >= 15 is 0 Å². The zero-order valence-corrected chi connectivity index (χ0v) is 18.4. The van der Waals surface area contributed by atoms with Crippen molar-refractivity contribution >= 4 is 0 Å². The number of rotatable bonds is 2. The minimum absolute atomic E-state index is 0.0917. The number of aliphatic hydroxyl groups is 1. The lowest BCUT2D eigenvalue weighted by molar-refractivity contribution is -0.115. The Labute approximate surface area is 185 Å². The second-order valence-electron chi connectivity index (χ2n) is 10.5. The van der Waals surface area contributed by atoms with Gasteiger partial charge in [-0.3, -0.25) is 0 Å². The number of hydrogen-bond acceptors (Lipinski definition) is 3. The predicted molar refractivity (Wildman–Crippen MR) is 120 cm³/mol. The van der Waals surface area contributed by atoms with E-state index in [1.165, 1.54) is 11.1 Å². The summed E-state index contributed by atoms with van der Waals surface area (Å²) in [5.74, 6) is 2.17. The molecule has 6 atom stereocenters. The van der Waals surface area contributed by atoms with E-state index in [1.807, 2.05) is 30.3 Å². The van der Waals surface area contributed by atoms with E-state index in [0.29, 0.717) is 35.7 Å². The summed E-state index contributed by atoms with van der Waals surface area (Å²) in [6.07, 6.45) is 5.83. The Morgan fingerprint density at radius 2 is 1.74 bits per heavy atom. The smallest absolute Gasteiger partial charge is 0.0991 e. The number of nitriles is 2. The minimum Gasteiger partial charge on any atom is -0.389 e. The third-order valence-electron chi connectivity index (χ3n) is 9.05. The second kappa shape index (κ2) is 7.22. The Hall–Kier alpha value is -2.62. The van der Waals surface area contributed by atoms with Crippen LogP contribution in [0.3, 0.4) is 0 Å². The van der Waals surface area contributed by atoms with Crippen LogP contribution in [0.2, 0.25) is 0 Å². The molecule has 3 nitrogen and oxygen atoms in total. The molecule has 31 heavy (non-hydrogen) atoms. The molecule has 5 rings (SSSR count). The molecular weight excluding hydrogens is 380 g/mol. The van der Waals surface area contributed by atoms with E-state index < -0.39 is 5.60 Å². The van der Waals surface area contributed by atoms with E-state index in [4.69, 9.17) is 5.26 Å². The maximum absolute atomic E-state index is 12.0. The number of hydrogen-bond donors (Lipinski definition) is 1. The normalized spacial score (nSPS) is 35.9. The molecule has 158 valence electrons. The Balaban J connectivity index is 1.46. The van der Waals surface area contributed by atoms with E-state index in [9.17, 15) is 10.4 Å². The SMILES string of the molecule is C[C@H]1C[C@@]2(C)C(CC[C@@]2(O)Cc2ccc(C#N)cc2)C2CCc3cc(C#N)ccc3C21. The Bertz CT molecular complexity index is 1090. The Morgan fingerprint density at radius 3 is 2.45 bits per heavy atom. The number of aryl methyl sites for hydroxylation is 1. The van der Waals surface area contributed by atoms with Crippen LogP contribution in [0.1, 0.15) is 73.3 Å². The molecule has 2 fully saturated rings. The number of benzene rings is 2. The van der Waals surface area contributed by atoms with Crippen LogP contribution in [-0.2, 0) is 12.8 Å². The molecule has 0 radical (unpaired) electrons. The summed E-state index contributed by atoms with van der Waals surface area (Å²) in [7, 11) is 0. The van der Waals surface area contributed by atoms with Crippen molar-refractivity contribution in [3.63, 3.8) is 0 Å². The first-order valence-electron chi connectivity index (χ1n) is 11.6. The molecule has 3 unspecified atom stereocenters. The lowest BCUT2D eigenvalue weighted by Gasteiger charge is -2.56. The first-order valence-corrected chi connectivity index (χ1v) is 11.6. The summed E-state index contributed by atoms with van der Waals surface area (Å²) < 4.78 is 0. The molecule has 1 N–H and O–H groups in total. The van der Waals surface area contributed by atoms with Crippen molar-refractivity contribution in [3.8, 4) is 12.1 Å². The Kier molecular flexibility index (Phi) is 4.72. The molecule has 2 aromatic rings. The van der Waals surface area contributed by atoms with Crippen molar-refractivity contribution in [1.29, 1.82) is 10.5 Å². The first-order chi connectivity index (χ1) is 14.9. The highest BCUT2D eigenvalue weighted by molar-refractivity contribution is 5.43. The van der Waals surface area contributed by atoms with E-state index in [1.54, 1.807) is 0 Å². The maximum Gasteiger partial charge on any atom is 0.0991 e. The average Bonchev–Trinajstić information content (AvgIpc) is 3.03. The Morgan fingerprint density at radius 1 is 1.03 bits per heavy atom. The van der Waals surface area contributed by atoms with Gasteiger partial charge < -0.3 is 5.11 Å². The standard InChI is InChI=1S/C28H30N2O/c1-18-14-27(2)25(11-12-28(27,31)15-19-3-5-20(16-29)6-4-19)24-10-8-22-13-21(17-30)7-9-23(22)26(18)24/h3-7,9,13,18,24-26,31H,8,10-12,14-15H2,1-2H3/t18-,24?,25?,26?,27-,28+/m0/s1. The minimum atomic E-state index is -0.698. The summed E-state index contributed by atoms with van der Waals surface area (Å²) in [6.45, 7) is 4.71. The van der Waals surface area contributed by atoms with E-state index in [2.05, 4.69) is 38.1 Å². The van der Waals surface area contributed by atoms with Crippen LogP contribution < -0.4 is 0 Å². The van der Waals surface area contributed by atoms with Gasteiger partial charge in [-0.15, -0.1) is 0 Å². The molecule has 3 aliphatic rings. The van der Waals surface area contributed by atoms with Gasteiger partial charge in [0.15, 0.2) is 0 Å². The zero-order valence-electron chi connectivity index (χ0n) is 18.4. The molecule has 0 aromatic heterocycles. The van der Waals surface area contributed by atoms with Crippen LogP contribution in [0.5, 0.6) is 0 Å². The van der Waals surface area contributed by atoms with Crippen LogP contribution in [-0.4, -0.2) is 10.7 Å². The van der Waals surface area contributed by atoms with Gasteiger partial charge in [0.1, 0.15) is 0 Å². The van der Waals surface area contributed by atoms with E-state index in [0.717, 1.165) is 43.2 Å². The third kappa shape index (κ3) is 3.02. The molecular formula is C28H30N2O. The number of fused-ring (bicyclic) bond motifs is 5. The first kappa shape index (κ1) is 20.3. The molecule has 0 spiro atoms. The third-order valence-corrected chi connectivity index (χ3v) is 9.05. The summed E-state index contributed by atoms with van der Waals surface area (Å²) in [6, 6.07) is 18.5. The molecule has 0 saturated heterocycles. The highest BCUT2D eigenvalue weighted by atomic mass is 16.3. The van der Waals surface area contributed by atoms with Gasteiger partial charge in [-0.1, -0.05) is 32.0 Å². The topological polar surface area (TPSA) is 67.8 Å². The molecule has 0 heterocycles. The fraction of sp³-hybridized carbons (Fsp3) is 0.500. The van der Waals surface area contributed by atoms with Crippen molar-refractivity contribution < 1.29 is 5.11 Å². The summed E-state index contributed by atoms with van der Waals surface area (Å²) in [5, 5.41) is 30.4. The molecule has 0 aliphatic heterocycles. The fourth-order valence-corrected chi connectivity index (χ4v) is 7.62. The maximum atomic E-state index is 12.0. The fourth-order valence-electron chi connectivity index (χ4n) is 7.62. The molecule has 2 aromatic carbocycles. The predicted octanol–water partition coefficient (Wildman–Crippen LogP) is 5.51. The highest BCUT2D eigenvalue weighted by Crippen LogP contribution is 2.66. The van der Waals surface area contributed by atoms with Crippen LogP contribution >= 0.6 is 0 Å². The second-order valence-corrected chi connectivity index (χ2v) is 10.5. The van der Waals surface area contributed by atoms with Crippen molar-refractivity contribution in [3.05, 3.63) is 70.3 Å². The summed E-state index contributed by atoms with van der Waals surface area (Å²) >= 11 is 0. The quantitative estimate of drug-likeness (QED) is 0.710. The van der Waals surface area contributed by atoms with Crippen molar-refractivity contribution in [1.82, 2.24) is 0 Å². The van der Waals surface area contributed by atoms with Gasteiger partial charge in [0.25, 0.3) is 0 Å². The highest BCUT2D eigenvalue weighted by Gasteiger charge is 2.62. The summed E-state index contributed by atoms with van der Waals surface area (Å²) in [4.78, 5) is 0. The molecule has 3 heteroatoms. The van der Waals surface area contributed by atoms with Crippen LogP contribution in [0.4, 0.5) is 0 Å². The van der Waals surface area contributed by atoms with Crippen LogP contribution in [0.25, 0.3) is 0 Å². The largest absolute Gasteiger partial charge is 0.389 e. The van der Waals surface area contributed by atoms with Gasteiger partial charge in [0, 0.05) is 11.8 Å². The van der Waals surface area contributed by atoms with E-state index in [-0.39, 0.29) is 5.41 Å². The lowest BCUT2D eigenvalue weighted by atomic mass is 9.50. The zero-order chi connectivity index (χ0) is 21.8. The summed E-state index contributed by atoms with van der Waals surface area (Å²) in [5.41, 5.74) is 4.58. The van der Waals surface area contributed by atoms with Crippen molar-refractivity contribution in [2.45, 2.75) is 63.9 Å². The van der Waals surface area contributed by atoms with Gasteiger partial charge in [0.2, 0.25) is 0 Å². The van der Waals surface area contributed by atoms with Gasteiger partial charge >= 0.3 is 0 Å². The molecule has 0 bridgehead atoms. The van der Waals surface area contributed by atoms with Gasteiger partial charge in [0.05, 0.1) is 28.9 Å². The van der Waals surface area contributed by atoms with Gasteiger partial charge in [-0.25, -0.2) is 0 Å². The monoisotopic (exact) mass is 410 g/mol. The average molecular weight is 411 g/mol. The molecule has 0 amide bonds.